The van der Waals surface area contributed by atoms with Gasteiger partial charge in [0.15, 0.2) is 9.84 Å². The molecule has 2 aromatic rings. The Labute approximate surface area is 186 Å². The Morgan fingerprint density at radius 3 is 2.52 bits per heavy atom. The number of hydrogen-bond donors (Lipinski definition) is 1. The van der Waals surface area contributed by atoms with Gasteiger partial charge in [0, 0.05) is 18.0 Å². The second-order valence-corrected chi connectivity index (χ2v) is 10.1. The van der Waals surface area contributed by atoms with E-state index in [4.69, 9.17) is 9.47 Å². The van der Waals surface area contributed by atoms with Gasteiger partial charge in [-0.3, -0.25) is 9.69 Å². The minimum atomic E-state index is -3.85. The van der Waals surface area contributed by atoms with Gasteiger partial charge in [-0.25, -0.2) is 13.2 Å². The highest BCUT2D eigenvalue weighted by Gasteiger charge is 2.30. The van der Waals surface area contributed by atoms with E-state index in [1.165, 1.54) is 42.7 Å². The molecule has 0 unspecified atom stereocenters. The zero-order chi connectivity index (χ0) is 22.6. The number of nitrogens with zero attached hydrogens (tertiary/aromatic N) is 1. The zero-order valence-corrected chi connectivity index (χ0v) is 19.4. The predicted molar refractivity (Wildman–Crippen MR) is 119 cm³/mol. The third kappa shape index (κ3) is 5.25. The van der Waals surface area contributed by atoms with E-state index in [0.717, 1.165) is 23.5 Å². The molecule has 0 atom stereocenters. The molecule has 1 N–H and O–H groups in total. The zero-order valence-electron chi connectivity index (χ0n) is 17.8. The van der Waals surface area contributed by atoms with Crippen molar-refractivity contribution in [3.05, 3.63) is 40.3 Å². The summed E-state index contributed by atoms with van der Waals surface area (Å²) in [7, 11) is -2.37. The standard InChI is InChI=1S/C21H26N2O6S2/c1-4-23-11-10-16-17(12-23)30-20(19(16)21(25)29-5-2)22-18(24)13-31(26,27)15-8-6-14(28-3)7-9-15/h6-9H,4-5,10-13H2,1-3H3,(H,22,24). The number of carbonyl (C=O) groups excluding carboxylic acids is 2. The first-order valence-electron chi connectivity index (χ1n) is 9.99. The van der Waals surface area contributed by atoms with Crippen LogP contribution in [0.3, 0.4) is 0 Å². The van der Waals surface area contributed by atoms with Crippen molar-refractivity contribution in [3.8, 4) is 5.75 Å². The maximum absolute atomic E-state index is 12.6. The molecule has 1 amide bonds. The number of methoxy groups -OCH3 is 1. The summed E-state index contributed by atoms with van der Waals surface area (Å²) in [6.07, 6.45) is 0.674. The third-order valence-corrected chi connectivity index (χ3v) is 7.82. The van der Waals surface area contributed by atoms with Crippen LogP contribution in [-0.2, 0) is 32.3 Å². The van der Waals surface area contributed by atoms with Crippen molar-refractivity contribution in [3.63, 3.8) is 0 Å². The molecule has 168 valence electrons. The molecule has 8 nitrogen and oxygen atoms in total. The molecule has 1 aliphatic rings. The van der Waals surface area contributed by atoms with Crippen molar-refractivity contribution < 1.29 is 27.5 Å². The monoisotopic (exact) mass is 466 g/mol. The van der Waals surface area contributed by atoms with Crippen LogP contribution in [0.1, 0.15) is 34.6 Å². The fourth-order valence-corrected chi connectivity index (χ4v) is 5.86. The molecular formula is C21H26N2O6S2. The van der Waals surface area contributed by atoms with Crippen LogP contribution in [0.2, 0.25) is 0 Å². The highest BCUT2D eigenvalue weighted by Crippen LogP contribution is 2.37. The van der Waals surface area contributed by atoms with E-state index in [9.17, 15) is 18.0 Å². The van der Waals surface area contributed by atoms with Crippen molar-refractivity contribution in [1.82, 2.24) is 4.90 Å². The smallest absolute Gasteiger partial charge is 0.341 e. The van der Waals surface area contributed by atoms with Crippen molar-refractivity contribution in [1.29, 1.82) is 0 Å². The van der Waals surface area contributed by atoms with Gasteiger partial charge in [-0.05, 0) is 49.7 Å². The first-order chi connectivity index (χ1) is 14.8. The summed E-state index contributed by atoms with van der Waals surface area (Å²) in [5.74, 6) is -1.41. The van der Waals surface area contributed by atoms with Gasteiger partial charge in [0.2, 0.25) is 5.91 Å². The third-order valence-electron chi connectivity index (χ3n) is 5.06. The van der Waals surface area contributed by atoms with E-state index in [0.29, 0.717) is 29.3 Å². The van der Waals surface area contributed by atoms with Crippen molar-refractivity contribution in [2.45, 2.75) is 31.7 Å². The second kappa shape index (κ2) is 9.80. The fraction of sp³-hybridized carbons (Fsp3) is 0.429. The van der Waals surface area contributed by atoms with Gasteiger partial charge in [0.1, 0.15) is 16.5 Å². The van der Waals surface area contributed by atoms with Gasteiger partial charge < -0.3 is 14.8 Å². The van der Waals surface area contributed by atoms with Gasteiger partial charge in [0.25, 0.3) is 0 Å². The number of esters is 1. The lowest BCUT2D eigenvalue weighted by atomic mass is 10.0. The highest BCUT2D eigenvalue weighted by molar-refractivity contribution is 7.92. The number of anilines is 1. The van der Waals surface area contributed by atoms with Gasteiger partial charge in [-0.2, -0.15) is 0 Å². The molecule has 0 bridgehead atoms. The average Bonchev–Trinajstić information content (AvgIpc) is 3.10. The molecule has 10 heteroatoms. The number of hydrogen-bond acceptors (Lipinski definition) is 8. The van der Waals surface area contributed by atoms with Crippen LogP contribution in [0.5, 0.6) is 5.75 Å². The normalized spacial score (nSPS) is 14.0. The Balaban J connectivity index is 1.83. The predicted octanol–water partition coefficient (Wildman–Crippen LogP) is 2.72. The van der Waals surface area contributed by atoms with Gasteiger partial charge in [-0.1, -0.05) is 6.92 Å². The largest absolute Gasteiger partial charge is 0.497 e. The number of likely N-dealkylation sites (N-methyl/N-ethyl adjacent to an activating group) is 1. The first-order valence-corrected chi connectivity index (χ1v) is 12.5. The number of sulfone groups is 1. The van der Waals surface area contributed by atoms with Crippen LogP contribution >= 0.6 is 11.3 Å². The number of thiophene rings is 1. The number of carbonyl (C=O) groups is 2. The number of rotatable bonds is 8. The van der Waals surface area contributed by atoms with Crippen LogP contribution in [0.15, 0.2) is 29.2 Å². The Hall–Kier alpha value is -2.43. The fourth-order valence-electron chi connectivity index (χ4n) is 3.44. The lowest BCUT2D eigenvalue weighted by molar-refractivity contribution is -0.113. The molecule has 1 aromatic heterocycles. The van der Waals surface area contributed by atoms with E-state index >= 15 is 0 Å². The quantitative estimate of drug-likeness (QED) is 0.597. The van der Waals surface area contributed by atoms with Crippen molar-refractivity contribution >= 4 is 38.1 Å². The van der Waals surface area contributed by atoms with Crippen LogP contribution in [0.4, 0.5) is 5.00 Å². The maximum atomic E-state index is 12.6. The molecular weight excluding hydrogens is 440 g/mol. The first kappa shape index (κ1) is 23.2. The Morgan fingerprint density at radius 1 is 1.19 bits per heavy atom. The second-order valence-electron chi connectivity index (χ2n) is 7.03. The number of benzene rings is 1. The molecule has 0 saturated carbocycles. The molecule has 0 aliphatic carbocycles. The minimum absolute atomic E-state index is 0.0260. The summed E-state index contributed by atoms with van der Waals surface area (Å²) in [5, 5.41) is 2.99. The van der Waals surface area contributed by atoms with E-state index in [-0.39, 0.29) is 11.5 Å². The molecule has 1 aromatic carbocycles. The number of fused-ring (bicyclic) bond motifs is 1. The van der Waals surface area contributed by atoms with E-state index in [1.54, 1.807) is 6.92 Å². The summed E-state index contributed by atoms with van der Waals surface area (Å²) < 4.78 is 35.5. The SMILES string of the molecule is CCOC(=O)c1c(NC(=O)CS(=O)(=O)c2ccc(OC)cc2)sc2c1CCN(CC)C2. The van der Waals surface area contributed by atoms with Crippen LogP contribution < -0.4 is 10.1 Å². The summed E-state index contributed by atoms with van der Waals surface area (Å²) in [5.41, 5.74) is 1.22. The summed E-state index contributed by atoms with van der Waals surface area (Å²) in [4.78, 5) is 28.5. The topological polar surface area (TPSA) is 102 Å². The summed E-state index contributed by atoms with van der Waals surface area (Å²) >= 11 is 1.30. The number of amides is 1. The van der Waals surface area contributed by atoms with Crippen molar-refractivity contribution in [2.24, 2.45) is 0 Å². The Bertz CT molecular complexity index is 1060. The number of nitrogens with one attached hydrogen (secondary N) is 1. The maximum Gasteiger partial charge on any atom is 0.341 e. The lowest BCUT2D eigenvalue weighted by Gasteiger charge is -2.25. The molecule has 0 fully saturated rings. The molecule has 0 spiro atoms. The average molecular weight is 467 g/mol. The van der Waals surface area contributed by atoms with Crippen LogP contribution in [-0.4, -0.2) is 57.8 Å². The molecule has 0 saturated heterocycles. The highest BCUT2D eigenvalue weighted by atomic mass is 32.2. The molecule has 1 aliphatic heterocycles. The Morgan fingerprint density at radius 2 is 1.90 bits per heavy atom. The van der Waals surface area contributed by atoms with Crippen LogP contribution in [0.25, 0.3) is 0 Å². The molecule has 3 rings (SSSR count). The lowest BCUT2D eigenvalue weighted by Crippen LogP contribution is -2.30. The van der Waals surface area contributed by atoms with E-state index in [2.05, 4.69) is 17.1 Å². The van der Waals surface area contributed by atoms with Gasteiger partial charge in [-0.15, -0.1) is 11.3 Å². The van der Waals surface area contributed by atoms with Crippen LogP contribution in [0, 0.1) is 0 Å². The molecule has 31 heavy (non-hydrogen) atoms. The Kier molecular flexibility index (Phi) is 7.34. The number of ether oxygens (including phenoxy) is 2. The summed E-state index contributed by atoms with van der Waals surface area (Å²) in [6.45, 7) is 6.37. The van der Waals surface area contributed by atoms with E-state index in [1.807, 2.05) is 0 Å². The molecule has 2 heterocycles. The minimum Gasteiger partial charge on any atom is -0.497 e. The molecule has 0 radical (unpaired) electrons. The summed E-state index contributed by atoms with van der Waals surface area (Å²) in [6, 6.07) is 5.84. The van der Waals surface area contributed by atoms with Gasteiger partial charge in [0.05, 0.1) is 24.2 Å². The van der Waals surface area contributed by atoms with Crippen molar-refractivity contribution in [2.75, 3.05) is 37.9 Å². The van der Waals surface area contributed by atoms with Gasteiger partial charge >= 0.3 is 5.97 Å². The van der Waals surface area contributed by atoms with E-state index < -0.39 is 27.5 Å².